The Morgan fingerprint density at radius 1 is 0.727 bits per heavy atom. The van der Waals surface area contributed by atoms with Crippen molar-refractivity contribution in [2.75, 3.05) is 4.90 Å². The predicted octanol–water partition coefficient (Wildman–Crippen LogP) is 13.3. The fourth-order valence-corrected chi connectivity index (χ4v) is 11.5. The highest BCUT2D eigenvalue weighted by Gasteiger charge is 2.48. The van der Waals surface area contributed by atoms with Crippen LogP contribution >= 0.6 is 0 Å². The van der Waals surface area contributed by atoms with Gasteiger partial charge < -0.3 is 9.32 Å². The van der Waals surface area contributed by atoms with Crippen LogP contribution < -0.4 is 4.90 Å². The molecule has 7 aliphatic rings. The van der Waals surface area contributed by atoms with Crippen molar-refractivity contribution in [2.24, 2.45) is 11.3 Å². The molecule has 1 heterocycles. The van der Waals surface area contributed by atoms with Crippen LogP contribution in [0.5, 0.6) is 0 Å². The summed E-state index contributed by atoms with van der Waals surface area (Å²) in [5.74, 6) is 2.06. The van der Waals surface area contributed by atoms with Gasteiger partial charge in [0.05, 0.1) is 12.1 Å². The lowest BCUT2D eigenvalue weighted by Crippen LogP contribution is -2.44. The molecule has 0 amide bonds. The van der Waals surface area contributed by atoms with Gasteiger partial charge in [-0.15, -0.1) is 0 Å². The van der Waals surface area contributed by atoms with Gasteiger partial charge in [0.15, 0.2) is 0 Å². The van der Waals surface area contributed by atoms with Crippen LogP contribution in [0, 0.1) is 11.3 Å². The number of allylic oxidation sites excluding steroid dienone is 10. The van der Waals surface area contributed by atoms with Gasteiger partial charge in [-0.05, 0) is 138 Å². The summed E-state index contributed by atoms with van der Waals surface area (Å²) in [6.07, 6.45) is 40.3. The third-order valence-corrected chi connectivity index (χ3v) is 14.2. The fourth-order valence-electron chi connectivity index (χ4n) is 11.5. The molecule has 1 fully saturated rings. The van der Waals surface area contributed by atoms with Crippen molar-refractivity contribution in [1.29, 1.82) is 0 Å². The van der Waals surface area contributed by atoms with Gasteiger partial charge in [-0.1, -0.05) is 123 Å². The number of hydrogen-bond donors (Lipinski definition) is 0. The van der Waals surface area contributed by atoms with Crippen LogP contribution in [-0.4, -0.2) is 12.1 Å². The average molecular weight is 718 g/mol. The van der Waals surface area contributed by atoms with Crippen LogP contribution in [0.25, 0.3) is 34.8 Å². The number of fused-ring (bicyclic) bond motifs is 8. The van der Waals surface area contributed by atoms with E-state index in [2.05, 4.69) is 146 Å². The minimum Gasteiger partial charge on any atom is -0.456 e. The van der Waals surface area contributed by atoms with Crippen LogP contribution in [0.3, 0.4) is 0 Å². The van der Waals surface area contributed by atoms with E-state index in [0.717, 1.165) is 56.3 Å². The molecule has 0 bridgehead atoms. The first-order valence-corrected chi connectivity index (χ1v) is 21.1. The van der Waals surface area contributed by atoms with Crippen molar-refractivity contribution in [3.05, 3.63) is 171 Å². The Morgan fingerprint density at radius 2 is 1.55 bits per heavy atom. The summed E-state index contributed by atoms with van der Waals surface area (Å²) in [6.45, 7) is 5.01. The smallest absolute Gasteiger partial charge is 0.139 e. The normalized spacial score (nSPS) is 25.6. The van der Waals surface area contributed by atoms with Gasteiger partial charge in [-0.25, -0.2) is 0 Å². The number of anilines is 1. The highest BCUT2D eigenvalue weighted by Crippen LogP contribution is 2.60. The molecule has 4 aromatic rings. The average Bonchev–Trinajstić information content (AvgIpc) is 3.71. The zero-order chi connectivity index (χ0) is 36.7. The van der Waals surface area contributed by atoms with Crippen molar-refractivity contribution in [3.63, 3.8) is 0 Å². The molecular formula is C53H51NO. The van der Waals surface area contributed by atoms with Gasteiger partial charge in [-0.3, -0.25) is 0 Å². The van der Waals surface area contributed by atoms with Crippen LogP contribution in [-0.2, 0) is 19.3 Å². The third-order valence-electron chi connectivity index (χ3n) is 14.2. The van der Waals surface area contributed by atoms with Crippen molar-refractivity contribution in [3.8, 4) is 0 Å². The summed E-state index contributed by atoms with van der Waals surface area (Å²) in [4.78, 5) is 2.74. The maximum Gasteiger partial charge on any atom is 0.139 e. The Labute approximate surface area is 326 Å². The van der Waals surface area contributed by atoms with Gasteiger partial charge in [-0.2, -0.15) is 0 Å². The molecule has 4 unspecified atom stereocenters. The molecule has 1 aromatic heterocycles. The van der Waals surface area contributed by atoms with Crippen LogP contribution in [0.4, 0.5) is 5.69 Å². The second kappa shape index (κ2) is 13.0. The van der Waals surface area contributed by atoms with Crippen molar-refractivity contribution in [2.45, 2.75) is 96.1 Å². The zero-order valence-corrected chi connectivity index (χ0v) is 32.4. The lowest BCUT2D eigenvalue weighted by atomic mass is 9.68. The highest BCUT2D eigenvalue weighted by molar-refractivity contribution is 5.93. The first-order valence-electron chi connectivity index (χ1n) is 21.1. The minimum absolute atomic E-state index is 0.165. The van der Waals surface area contributed by atoms with Gasteiger partial charge in [0.1, 0.15) is 11.3 Å². The van der Waals surface area contributed by atoms with Gasteiger partial charge in [0, 0.05) is 34.2 Å². The minimum atomic E-state index is 0.165. The molecule has 0 aliphatic heterocycles. The maximum absolute atomic E-state index is 7.11. The van der Waals surface area contributed by atoms with E-state index in [4.69, 9.17) is 4.42 Å². The Kier molecular flexibility index (Phi) is 7.87. The van der Waals surface area contributed by atoms with E-state index in [9.17, 15) is 0 Å². The topological polar surface area (TPSA) is 16.4 Å². The molecular weight excluding hydrogens is 667 g/mol. The summed E-state index contributed by atoms with van der Waals surface area (Å²) in [6, 6.07) is 20.8. The summed E-state index contributed by atoms with van der Waals surface area (Å²) in [7, 11) is 0. The molecule has 11 rings (SSSR count). The quantitative estimate of drug-likeness (QED) is 0.204. The number of hydrogen-bond acceptors (Lipinski definition) is 2. The highest BCUT2D eigenvalue weighted by atomic mass is 16.3. The van der Waals surface area contributed by atoms with E-state index < -0.39 is 0 Å². The molecule has 0 N–H and O–H groups in total. The third kappa shape index (κ3) is 5.35. The van der Waals surface area contributed by atoms with Gasteiger partial charge in [0.25, 0.3) is 0 Å². The molecule has 2 heteroatoms. The Hall–Kier alpha value is -5.08. The lowest BCUT2D eigenvalue weighted by molar-refractivity contribution is 0.293. The van der Waals surface area contributed by atoms with E-state index in [1.54, 1.807) is 16.7 Å². The van der Waals surface area contributed by atoms with Crippen LogP contribution in [0.15, 0.2) is 130 Å². The molecule has 1 saturated carbocycles. The molecule has 274 valence electrons. The number of rotatable bonds is 5. The summed E-state index contributed by atoms with van der Waals surface area (Å²) in [5.41, 5.74) is 18.7. The second-order valence-corrected chi connectivity index (χ2v) is 17.6. The standard InChI is InChI=1S/C53H51NO/c1-53(2)47-21-11-10-20-43(47)44-29-25-38(32-48(44)53)51-42-19-9-7-16-37(42)31-46-45-33-40(28-30-50(45)55-52(46)51)54(49-22-12-17-36-15-6-8-18-41(36)49)39-26-23-35(24-27-39)34-13-4-3-5-14-34/h3-5,8-9,12-14,17-24,26,28-31,38-40,48H,6-7,10-11,15-16,25,27,32-33H2,1-2H3. The molecule has 0 spiro atoms. The molecule has 0 radical (unpaired) electrons. The number of furan rings is 1. The monoisotopic (exact) mass is 717 g/mol. The molecule has 3 aromatic carbocycles. The summed E-state index contributed by atoms with van der Waals surface area (Å²) < 4.78 is 7.11. The SMILES string of the molecule is CC1(C)C2=CCCC=C2C2=CCC(c3c4c(cc5c6c(oc35)C=CC(N(c3cccc5c3C=CCC5)C3C=CC(c5ccccc5)=CC3)C6)CCC=C4)CC21. The fraction of sp³-hybridized carbons (Fsp3) is 0.321. The molecule has 55 heavy (non-hydrogen) atoms. The molecule has 2 nitrogen and oxygen atoms in total. The summed E-state index contributed by atoms with van der Waals surface area (Å²) >= 11 is 0. The van der Waals surface area contributed by atoms with E-state index in [1.165, 1.54) is 74.9 Å². The van der Waals surface area contributed by atoms with Gasteiger partial charge in [0.2, 0.25) is 0 Å². The summed E-state index contributed by atoms with van der Waals surface area (Å²) in [5, 5.41) is 1.35. The first-order chi connectivity index (χ1) is 27.0. The van der Waals surface area contributed by atoms with Crippen LogP contribution in [0.2, 0.25) is 0 Å². The lowest BCUT2D eigenvalue weighted by Gasteiger charge is -2.41. The number of nitrogens with zero attached hydrogens (tertiary/aromatic N) is 1. The molecule has 4 atom stereocenters. The first kappa shape index (κ1) is 33.3. The molecule has 7 aliphatic carbocycles. The van der Waals surface area contributed by atoms with E-state index in [1.807, 2.05) is 0 Å². The number of aryl methyl sites for hydroxylation is 2. The largest absolute Gasteiger partial charge is 0.456 e. The predicted molar refractivity (Wildman–Crippen MR) is 231 cm³/mol. The van der Waals surface area contributed by atoms with E-state index in [-0.39, 0.29) is 17.5 Å². The van der Waals surface area contributed by atoms with E-state index >= 15 is 0 Å². The zero-order valence-electron chi connectivity index (χ0n) is 32.4. The maximum atomic E-state index is 7.11. The van der Waals surface area contributed by atoms with E-state index in [0.29, 0.717) is 11.8 Å². The second-order valence-electron chi connectivity index (χ2n) is 17.6. The van der Waals surface area contributed by atoms with Crippen molar-refractivity contribution >= 4 is 40.5 Å². The molecule has 0 saturated heterocycles. The van der Waals surface area contributed by atoms with Crippen molar-refractivity contribution < 1.29 is 4.42 Å². The Morgan fingerprint density at radius 3 is 2.40 bits per heavy atom. The Bertz CT molecular complexity index is 2490. The number of benzene rings is 3. The van der Waals surface area contributed by atoms with Crippen molar-refractivity contribution in [1.82, 2.24) is 0 Å². The van der Waals surface area contributed by atoms with Crippen LogP contribution in [0.1, 0.15) is 109 Å². The Balaban J connectivity index is 0.991. The van der Waals surface area contributed by atoms with Gasteiger partial charge >= 0.3 is 0 Å².